The SMILES string of the molecule is CCOC(=O)C1CCN(CC(=O)NC(C)C23CC4CC(CC(C4)C2)C3)CC1. The second kappa shape index (κ2) is 7.73. The Morgan fingerprint density at radius 2 is 1.63 bits per heavy atom. The van der Waals surface area contributed by atoms with Crippen molar-refractivity contribution in [1.29, 1.82) is 0 Å². The number of likely N-dealkylation sites (tertiary alicyclic amines) is 1. The van der Waals surface area contributed by atoms with Crippen LogP contribution in [0.4, 0.5) is 0 Å². The Hall–Kier alpha value is -1.10. The summed E-state index contributed by atoms with van der Waals surface area (Å²) in [5.74, 6) is 2.84. The Kier molecular flexibility index (Phi) is 5.50. The number of ether oxygens (including phenoxy) is 1. The van der Waals surface area contributed by atoms with Crippen LogP contribution in [0, 0.1) is 29.1 Å². The Bertz CT molecular complexity index is 533. The zero-order chi connectivity index (χ0) is 19.0. The van der Waals surface area contributed by atoms with E-state index in [2.05, 4.69) is 17.1 Å². The van der Waals surface area contributed by atoms with Gasteiger partial charge in [-0.25, -0.2) is 0 Å². The van der Waals surface area contributed by atoms with E-state index in [4.69, 9.17) is 4.74 Å². The molecule has 5 nitrogen and oxygen atoms in total. The van der Waals surface area contributed by atoms with Crippen LogP contribution < -0.4 is 5.32 Å². The minimum absolute atomic E-state index is 0.00945. The van der Waals surface area contributed by atoms with Crippen LogP contribution in [0.3, 0.4) is 0 Å². The Morgan fingerprint density at radius 3 is 2.15 bits per heavy atom. The molecule has 1 N–H and O–H groups in total. The molecule has 1 aliphatic heterocycles. The molecule has 4 aliphatic carbocycles. The summed E-state index contributed by atoms with van der Waals surface area (Å²) in [4.78, 5) is 26.7. The number of esters is 1. The summed E-state index contributed by atoms with van der Waals surface area (Å²) in [5.41, 5.74) is 0.362. The third kappa shape index (κ3) is 4.03. The molecule has 1 saturated heterocycles. The van der Waals surface area contributed by atoms with Crippen molar-refractivity contribution in [1.82, 2.24) is 10.2 Å². The number of carbonyl (C=O) groups is 2. The van der Waals surface area contributed by atoms with Gasteiger partial charge in [0.1, 0.15) is 0 Å². The Morgan fingerprint density at radius 1 is 1.07 bits per heavy atom. The molecule has 0 aromatic carbocycles. The number of carbonyl (C=O) groups excluding carboxylic acids is 2. The Balaban J connectivity index is 1.25. The van der Waals surface area contributed by atoms with Gasteiger partial charge >= 0.3 is 5.97 Å². The summed E-state index contributed by atoms with van der Waals surface area (Å²) in [6.07, 6.45) is 9.90. The number of hydrogen-bond donors (Lipinski definition) is 1. The van der Waals surface area contributed by atoms with Gasteiger partial charge in [0.25, 0.3) is 0 Å². The first kappa shape index (κ1) is 19.2. The largest absolute Gasteiger partial charge is 0.466 e. The van der Waals surface area contributed by atoms with Crippen molar-refractivity contribution in [2.75, 3.05) is 26.2 Å². The van der Waals surface area contributed by atoms with E-state index in [0.29, 0.717) is 18.6 Å². The highest BCUT2D eigenvalue weighted by Crippen LogP contribution is 2.61. The molecule has 27 heavy (non-hydrogen) atoms. The Labute approximate surface area is 163 Å². The van der Waals surface area contributed by atoms with E-state index in [0.717, 1.165) is 43.7 Å². The molecule has 0 spiro atoms. The second-order valence-electron chi connectivity index (χ2n) is 9.87. The molecule has 0 aromatic rings. The lowest BCUT2D eigenvalue weighted by Gasteiger charge is -2.59. The molecule has 5 fully saturated rings. The number of piperidine rings is 1. The van der Waals surface area contributed by atoms with Crippen LogP contribution in [0.25, 0.3) is 0 Å². The molecule has 1 unspecified atom stereocenters. The summed E-state index contributed by atoms with van der Waals surface area (Å²) in [5, 5.41) is 3.37. The summed E-state index contributed by atoms with van der Waals surface area (Å²) in [7, 11) is 0. The summed E-state index contributed by atoms with van der Waals surface area (Å²) >= 11 is 0. The first-order chi connectivity index (χ1) is 13.0. The summed E-state index contributed by atoms with van der Waals surface area (Å²) in [6, 6.07) is 0.287. The fourth-order valence-corrected chi connectivity index (χ4v) is 6.94. The predicted octanol–water partition coefficient (Wildman–Crippen LogP) is 2.98. The van der Waals surface area contributed by atoms with Gasteiger partial charge in [0, 0.05) is 6.04 Å². The molecular weight excluding hydrogens is 340 g/mol. The zero-order valence-corrected chi connectivity index (χ0v) is 17.0. The molecule has 1 heterocycles. The number of rotatable bonds is 6. The van der Waals surface area contributed by atoms with E-state index in [1.54, 1.807) is 0 Å². The van der Waals surface area contributed by atoms with Crippen molar-refractivity contribution in [2.24, 2.45) is 29.1 Å². The molecular formula is C22H36N2O3. The van der Waals surface area contributed by atoms with Gasteiger partial charge in [-0.3, -0.25) is 14.5 Å². The van der Waals surface area contributed by atoms with Crippen LogP contribution in [-0.2, 0) is 14.3 Å². The van der Waals surface area contributed by atoms with Crippen molar-refractivity contribution in [3.8, 4) is 0 Å². The van der Waals surface area contributed by atoms with Crippen LogP contribution in [0.15, 0.2) is 0 Å². The van der Waals surface area contributed by atoms with E-state index in [-0.39, 0.29) is 23.8 Å². The quantitative estimate of drug-likeness (QED) is 0.724. The maximum absolute atomic E-state index is 12.7. The van der Waals surface area contributed by atoms with Crippen LogP contribution >= 0.6 is 0 Å². The third-order valence-electron chi connectivity index (χ3n) is 7.96. The molecule has 1 amide bonds. The molecule has 5 heteroatoms. The van der Waals surface area contributed by atoms with Crippen molar-refractivity contribution < 1.29 is 14.3 Å². The third-order valence-corrected chi connectivity index (χ3v) is 7.96. The molecule has 152 valence electrons. The van der Waals surface area contributed by atoms with Gasteiger partial charge < -0.3 is 10.1 Å². The van der Waals surface area contributed by atoms with E-state index >= 15 is 0 Å². The average Bonchev–Trinajstić information content (AvgIpc) is 2.61. The lowest BCUT2D eigenvalue weighted by atomic mass is 9.48. The van der Waals surface area contributed by atoms with Crippen molar-refractivity contribution in [3.05, 3.63) is 0 Å². The summed E-state index contributed by atoms with van der Waals surface area (Å²) < 4.78 is 5.13. The fraction of sp³-hybridized carbons (Fsp3) is 0.909. The molecule has 5 aliphatic rings. The van der Waals surface area contributed by atoms with E-state index < -0.39 is 0 Å². The number of nitrogens with one attached hydrogen (secondary N) is 1. The van der Waals surface area contributed by atoms with Gasteiger partial charge in [-0.05, 0) is 101 Å². The van der Waals surface area contributed by atoms with Crippen molar-refractivity contribution in [2.45, 2.75) is 71.3 Å². The average molecular weight is 377 g/mol. The van der Waals surface area contributed by atoms with Gasteiger partial charge in [-0.15, -0.1) is 0 Å². The maximum atomic E-state index is 12.7. The lowest BCUT2D eigenvalue weighted by Crippen LogP contribution is -2.57. The smallest absolute Gasteiger partial charge is 0.309 e. The molecule has 1 atom stereocenters. The lowest BCUT2D eigenvalue weighted by molar-refractivity contribution is -0.149. The van der Waals surface area contributed by atoms with Crippen LogP contribution in [0.5, 0.6) is 0 Å². The van der Waals surface area contributed by atoms with Crippen LogP contribution in [-0.4, -0.2) is 49.1 Å². The second-order valence-corrected chi connectivity index (χ2v) is 9.87. The number of hydrogen-bond acceptors (Lipinski definition) is 4. The van der Waals surface area contributed by atoms with Crippen LogP contribution in [0.1, 0.15) is 65.2 Å². The normalized spacial score (nSPS) is 37.2. The topological polar surface area (TPSA) is 58.6 Å². The summed E-state index contributed by atoms with van der Waals surface area (Å²) in [6.45, 7) is 6.63. The molecule has 0 radical (unpaired) electrons. The standard InChI is InChI=1S/C22H36N2O3/c1-3-27-21(26)19-4-6-24(7-5-19)14-20(25)23-15(2)22-11-16-8-17(12-22)10-18(9-16)13-22/h15-19H,3-14H2,1-2H3,(H,23,25). The van der Waals surface area contributed by atoms with Gasteiger partial charge in [0.2, 0.25) is 5.91 Å². The molecule has 5 rings (SSSR count). The van der Waals surface area contributed by atoms with Gasteiger partial charge in [-0.2, -0.15) is 0 Å². The van der Waals surface area contributed by atoms with E-state index in [1.165, 1.54) is 38.5 Å². The fourth-order valence-electron chi connectivity index (χ4n) is 6.94. The van der Waals surface area contributed by atoms with Crippen molar-refractivity contribution in [3.63, 3.8) is 0 Å². The predicted molar refractivity (Wildman–Crippen MR) is 104 cm³/mol. The first-order valence-electron chi connectivity index (χ1n) is 11.2. The minimum Gasteiger partial charge on any atom is -0.466 e. The minimum atomic E-state index is -0.0722. The number of amides is 1. The molecule has 4 bridgehead atoms. The van der Waals surface area contributed by atoms with Gasteiger partial charge in [-0.1, -0.05) is 0 Å². The highest BCUT2D eigenvalue weighted by molar-refractivity contribution is 5.78. The highest BCUT2D eigenvalue weighted by Gasteiger charge is 2.53. The van der Waals surface area contributed by atoms with Gasteiger partial charge in [0.15, 0.2) is 0 Å². The molecule has 0 aromatic heterocycles. The number of nitrogens with zero attached hydrogens (tertiary/aromatic N) is 1. The highest BCUT2D eigenvalue weighted by atomic mass is 16.5. The van der Waals surface area contributed by atoms with Gasteiger partial charge in [0.05, 0.1) is 19.1 Å². The monoisotopic (exact) mass is 376 g/mol. The maximum Gasteiger partial charge on any atom is 0.309 e. The molecule has 4 saturated carbocycles. The zero-order valence-electron chi connectivity index (χ0n) is 17.0. The van der Waals surface area contributed by atoms with E-state index in [1.807, 2.05) is 6.92 Å². The van der Waals surface area contributed by atoms with Crippen molar-refractivity contribution >= 4 is 11.9 Å². The van der Waals surface area contributed by atoms with Crippen LogP contribution in [0.2, 0.25) is 0 Å². The first-order valence-corrected chi connectivity index (χ1v) is 11.2. The van der Waals surface area contributed by atoms with E-state index in [9.17, 15) is 9.59 Å².